The van der Waals surface area contributed by atoms with Crippen molar-refractivity contribution in [1.29, 1.82) is 0 Å². The molecule has 38 heavy (non-hydrogen) atoms. The van der Waals surface area contributed by atoms with Crippen molar-refractivity contribution in [3.63, 3.8) is 0 Å². The topological polar surface area (TPSA) is 59.0 Å². The van der Waals surface area contributed by atoms with Gasteiger partial charge in [-0.1, -0.05) is 36.4 Å². The maximum Gasteiger partial charge on any atom is 0.310 e. The molecule has 1 saturated carbocycles. The number of nitrogens with zero attached hydrogens (tertiary/aromatic N) is 2. The normalized spacial score (nSPS) is 19.7. The quantitative estimate of drug-likeness (QED) is 0.376. The Morgan fingerprint density at radius 3 is 2.16 bits per heavy atom. The molecule has 2 aliphatic rings. The van der Waals surface area contributed by atoms with Gasteiger partial charge >= 0.3 is 5.97 Å². The van der Waals surface area contributed by atoms with E-state index in [0.29, 0.717) is 5.56 Å². The Kier molecular flexibility index (Phi) is 7.40. The van der Waals surface area contributed by atoms with Crippen LogP contribution in [0.15, 0.2) is 83.5 Å². The van der Waals surface area contributed by atoms with Gasteiger partial charge < -0.3 is 4.74 Å². The van der Waals surface area contributed by atoms with Crippen LogP contribution >= 0.6 is 0 Å². The summed E-state index contributed by atoms with van der Waals surface area (Å²) in [5.74, 6) is -2.37. The third kappa shape index (κ3) is 5.69. The highest BCUT2D eigenvalue weighted by molar-refractivity contribution is 6.08. The Morgan fingerprint density at radius 2 is 1.50 bits per heavy atom. The summed E-state index contributed by atoms with van der Waals surface area (Å²) in [6.07, 6.45) is 4.23. The number of allylic oxidation sites excluding steroid dienone is 1. The predicted molar refractivity (Wildman–Crippen MR) is 136 cm³/mol. The fourth-order valence-electron chi connectivity index (χ4n) is 4.99. The molecule has 1 amide bonds. The summed E-state index contributed by atoms with van der Waals surface area (Å²) < 4.78 is 45.4. The number of ether oxygens (including phenoxy) is 1. The Morgan fingerprint density at radius 1 is 0.895 bits per heavy atom. The van der Waals surface area contributed by atoms with E-state index in [1.807, 2.05) is 6.08 Å². The molecule has 0 bridgehead atoms. The largest absolute Gasteiger partial charge is 0.455 e. The van der Waals surface area contributed by atoms with Crippen molar-refractivity contribution < 1.29 is 27.5 Å². The number of amides is 1. The van der Waals surface area contributed by atoms with Gasteiger partial charge in [-0.3, -0.25) is 9.59 Å². The number of hydrogen-bond acceptors (Lipinski definition) is 4. The predicted octanol–water partition coefficient (Wildman–Crippen LogP) is 6.01. The zero-order valence-corrected chi connectivity index (χ0v) is 20.4. The molecule has 3 aromatic rings. The number of carbonyl (C=O) groups is 2. The van der Waals surface area contributed by atoms with E-state index in [0.717, 1.165) is 41.7 Å². The SMILES string of the molecule is O=C(Cc1ccc(F)cc1)OCC(=O)N1N=C2C(=Cc3ccc(F)cc3)CCCC2C1c1ccc(F)cc1. The zero-order valence-electron chi connectivity index (χ0n) is 20.4. The maximum absolute atomic E-state index is 13.7. The molecule has 0 radical (unpaired) electrons. The molecule has 2 atom stereocenters. The first kappa shape index (κ1) is 25.4. The molecular weight excluding hydrogens is 493 g/mol. The van der Waals surface area contributed by atoms with Crippen LogP contribution < -0.4 is 0 Å². The lowest BCUT2D eigenvalue weighted by Gasteiger charge is -2.29. The Hall–Kier alpha value is -4.20. The van der Waals surface area contributed by atoms with Gasteiger partial charge in [-0.2, -0.15) is 5.10 Å². The van der Waals surface area contributed by atoms with Gasteiger partial charge in [0.1, 0.15) is 17.5 Å². The number of hydrogen-bond donors (Lipinski definition) is 0. The second kappa shape index (κ2) is 11.0. The van der Waals surface area contributed by atoms with E-state index in [1.165, 1.54) is 53.5 Å². The molecule has 2 unspecified atom stereocenters. The van der Waals surface area contributed by atoms with Gasteiger partial charge in [0.25, 0.3) is 5.91 Å². The minimum absolute atomic E-state index is 0.101. The molecule has 5 nitrogen and oxygen atoms in total. The average Bonchev–Trinajstić information content (AvgIpc) is 3.31. The summed E-state index contributed by atoms with van der Waals surface area (Å²) in [5.41, 5.74) is 3.81. The summed E-state index contributed by atoms with van der Waals surface area (Å²) >= 11 is 0. The zero-order chi connectivity index (χ0) is 26.6. The molecule has 8 heteroatoms. The molecule has 1 heterocycles. The van der Waals surface area contributed by atoms with Gasteiger partial charge in [-0.15, -0.1) is 0 Å². The molecule has 1 fully saturated rings. The number of esters is 1. The van der Waals surface area contributed by atoms with Crippen molar-refractivity contribution in [3.8, 4) is 0 Å². The molecule has 0 saturated heterocycles. The molecule has 0 aromatic heterocycles. The molecule has 5 rings (SSSR count). The van der Waals surface area contributed by atoms with E-state index in [9.17, 15) is 22.8 Å². The van der Waals surface area contributed by atoms with Crippen molar-refractivity contribution in [2.45, 2.75) is 31.7 Å². The molecule has 0 spiro atoms. The standard InChI is InChI=1S/C30H25F3N2O3/c31-23-10-4-19(5-11-23)16-22-2-1-3-26-29(22)34-35(30(26)21-8-14-25(33)15-9-21)27(36)18-38-28(37)17-20-6-12-24(32)13-7-20/h4-16,26,30H,1-3,17-18H2. The monoisotopic (exact) mass is 518 g/mol. The first-order chi connectivity index (χ1) is 18.4. The van der Waals surface area contributed by atoms with Crippen LogP contribution in [0.3, 0.4) is 0 Å². The van der Waals surface area contributed by atoms with E-state index in [2.05, 4.69) is 5.10 Å². The number of carbonyl (C=O) groups excluding carboxylic acids is 2. The summed E-state index contributed by atoms with van der Waals surface area (Å²) in [6, 6.07) is 17.1. The summed E-state index contributed by atoms with van der Waals surface area (Å²) in [6.45, 7) is -0.516. The van der Waals surface area contributed by atoms with Gasteiger partial charge in [0.05, 0.1) is 18.2 Å². The van der Waals surface area contributed by atoms with Crippen LogP contribution in [-0.2, 0) is 20.7 Å². The highest BCUT2D eigenvalue weighted by atomic mass is 19.1. The van der Waals surface area contributed by atoms with Crippen LogP contribution in [0.5, 0.6) is 0 Å². The lowest BCUT2D eigenvalue weighted by molar-refractivity contribution is -0.152. The molecular formula is C30H25F3N2O3. The molecule has 3 aromatic carbocycles. The van der Waals surface area contributed by atoms with Crippen molar-refractivity contribution in [1.82, 2.24) is 5.01 Å². The maximum atomic E-state index is 13.7. The van der Waals surface area contributed by atoms with Crippen molar-refractivity contribution in [2.75, 3.05) is 6.61 Å². The van der Waals surface area contributed by atoms with E-state index in [4.69, 9.17) is 4.74 Å². The third-order valence-electron chi connectivity index (χ3n) is 6.80. The van der Waals surface area contributed by atoms with E-state index >= 15 is 0 Å². The second-order valence-corrected chi connectivity index (χ2v) is 9.40. The van der Waals surface area contributed by atoms with Crippen molar-refractivity contribution >= 4 is 23.7 Å². The fraction of sp³-hybridized carbons (Fsp3) is 0.233. The highest BCUT2D eigenvalue weighted by Crippen LogP contribution is 2.44. The minimum Gasteiger partial charge on any atom is -0.455 e. The number of benzene rings is 3. The van der Waals surface area contributed by atoms with Gasteiger partial charge in [-0.05, 0) is 84.0 Å². The number of halogens is 3. The van der Waals surface area contributed by atoms with Gasteiger partial charge in [0.15, 0.2) is 6.61 Å². The summed E-state index contributed by atoms with van der Waals surface area (Å²) in [4.78, 5) is 25.6. The van der Waals surface area contributed by atoms with Crippen LogP contribution in [0, 0.1) is 23.4 Å². The van der Waals surface area contributed by atoms with Gasteiger partial charge in [-0.25, -0.2) is 18.2 Å². The van der Waals surface area contributed by atoms with E-state index in [-0.39, 0.29) is 24.0 Å². The van der Waals surface area contributed by atoms with E-state index in [1.54, 1.807) is 24.3 Å². The Balaban J connectivity index is 1.38. The lowest BCUT2D eigenvalue weighted by Crippen LogP contribution is -2.34. The number of rotatable bonds is 6. The number of fused-ring (bicyclic) bond motifs is 1. The van der Waals surface area contributed by atoms with Crippen LogP contribution in [0.1, 0.15) is 42.0 Å². The van der Waals surface area contributed by atoms with Crippen LogP contribution in [-0.4, -0.2) is 29.2 Å². The highest BCUT2D eigenvalue weighted by Gasteiger charge is 2.43. The third-order valence-corrected chi connectivity index (χ3v) is 6.80. The molecule has 1 aliphatic carbocycles. The van der Waals surface area contributed by atoms with Crippen LogP contribution in [0.2, 0.25) is 0 Å². The lowest BCUT2D eigenvalue weighted by atomic mass is 9.77. The minimum atomic E-state index is -0.621. The Labute approximate surface area is 218 Å². The van der Waals surface area contributed by atoms with Gasteiger partial charge in [0.2, 0.25) is 0 Å². The summed E-state index contributed by atoms with van der Waals surface area (Å²) in [5, 5.41) is 6.02. The van der Waals surface area contributed by atoms with E-state index < -0.39 is 30.3 Å². The number of hydrazone groups is 1. The first-order valence-electron chi connectivity index (χ1n) is 12.4. The Bertz CT molecular complexity index is 1380. The average molecular weight is 519 g/mol. The fourth-order valence-corrected chi connectivity index (χ4v) is 4.99. The summed E-state index contributed by atoms with van der Waals surface area (Å²) in [7, 11) is 0. The molecule has 0 N–H and O–H groups in total. The van der Waals surface area contributed by atoms with Crippen LogP contribution in [0.25, 0.3) is 6.08 Å². The van der Waals surface area contributed by atoms with Crippen LogP contribution in [0.4, 0.5) is 13.2 Å². The van der Waals surface area contributed by atoms with Crippen molar-refractivity contribution in [2.24, 2.45) is 11.0 Å². The first-order valence-corrected chi connectivity index (χ1v) is 12.4. The van der Waals surface area contributed by atoms with Gasteiger partial charge in [0, 0.05) is 5.92 Å². The van der Waals surface area contributed by atoms with Crippen molar-refractivity contribution in [3.05, 3.63) is 113 Å². The molecule has 194 valence electrons. The molecule has 1 aliphatic heterocycles. The smallest absolute Gasteiger partial charge is 0.310 e. The second-order valence-electron chi connectivity index (χ2n) is 9.40.